The minimum absolute atomic E-state index is 0.0153. The smallest absolute Gasteiger partial charge is 0.235 e. The van der Waals surface area contributed by atoms with Crippen LogP contribution in [0.4, 0.5) is 11.4 Å². The molecule has 0 aromatic heterocycles. The van der Waals surface area contributed by atoms with E-state index in [-0.39, 0.29) is 11.2 Å². The number of aryl methyl sites for hydroxylation is 1. The average Bonchev–Trinajstić information content (AvgIpc) is 2.35. The zero-order valence-electron chi connectivity index (χ0n) is 12.5. The number of hydrogen-bond donors (Lipinski definition) is 1. The third kappa shape index (κ3) is 3.45. The Labute approximate surface area is 122 Å². The molecule has 1 aromatic rings. The van der Waals surface area contributed by atoms with E-state index in [9.17, 15) is 8.42 Å². The van der Waals surface area contributed by atoms with Crippen molar-refractivity contribution in [3.05, 3.63) is 23.8 Å². The van der Waals surface area contributed by atoms with E-state index in [2.05, 4.69) is 20.8 Å². The molecule has 0 fully saturated rings. The van der Waals surface area contributed by atoms with Gasteiger partial charge in [0.25, 0.3) is 0 Å². The fourth-order valence-electron chi connectivity index (χ4n) is 2.39. The van der Waals surface area contributed by atoms with E-state index in [0.29, 0.717) is 18.7 Å². The number of fused-ring (bicyclic) bond motifs is 1. The molecular formula is C15H24N2O2S. The van der Waals surface area contributed by atoms with E-state index < -0.39 is 10.0 Å². The third-order valence-corrected chi connectivity index (χ3v) is 5.40. The van der Waals surface area contributed by atoms with E-state index >= 15 is 0 Å². The predicted molar refractivity (Wildman–Crippen MR) is 84.4 cm³/mol. The van der Waals surface area contributed by atoms with Gasteiger partial charge in [0.05, 0.1) is 11.4 Å². The fraction of sp³-hybridized carbons (Fsp3) is 0.600. The number of nitrogens with zero attached hydrogens (tertiary/aromatic N) is 1. The zero-order chi connectivity index (χ0) is 15.0. The molecule has 1 aromatic carbocycles. The summed E-state index contributed by atoms with van der Waals surface area (Å²) >= 11 is 0. The van der Waals surface area contributed by atoms with E-state index in [1.165, 1.54) is 0 Å². The highest BCUT2D eigenvalue weighted by Gasteiger charge is 2.28. The third-order valence-electron chi connectivity index (χ3n) is 3.63. The van der Waals surface area contributed by atoms with Crippen molar-refractivity contribution in [3.63, 3.8) is 0 Å². The molecule has 1 aliphatic rings. The number of benzene rings is 1. The number of anilines is 2. The second-order valence-electron chi connectivity index (χ2n) is 6.69. The molecule has 0 spiro atoms. The Hall–Kier alpha value is -1.23. The molecule has 0 atom stereocenters. The molecule has 0 saturated heterocycles. The van der Waals surface area contributed by atoms with Crippen LogP contribution >= 0.6 is 0 Å². The molecule has 5 heteroatoms. The van der Waals surface area contributed by atoms with Gasteiger partial charge in [0, 0.05) is 12.2 Å². The first-order valence-corrected chi connectivity index (χ1v) is 8.69. The Balaban J connectivity index is 2.28. The summed E-state index contributed by atoms with van der Waals surface area (Å²) in [6, 6.07) is 5.56. The molecular weight excluding hydrogens is 272 g/mol. The molecule has 1 heterocycles. The molecule has 0 bridgehead atoms. The van der Waals surface area contributed by atoms with Gasteiger partial charge in [0.15, 0.2) is 0 Å². The van der Waals surface area contributed by atoms with Gasteiger partial charge in [-0.25, -0.2) is 8.42 Å². The van der Waals surface area contributed by atoms with Crippen LogP contribution in [0.5, 0.6) is 0 Å². The first-order chi connectivity index (χ1) is 9.19. The quantitative estimate of drug-likeness (QED) is 0.872. The Morgan fingerprint density at radius 3 is 2.65 bits per heavy atom. The first kappa shape index (κ1) is 15.2. The molecule has 0 saturated carbocycles. The predicted octanol–water partition coefficient (Wildman–Crippen LogP) is 2.79. The molecule has 2 rings (SSSR count). The second kappa shape index (κ2) is 5.28. The lowest BCUT2D eigenvalue weighted by atomic mass is 9.94. The van der Waals surface area contributed by atoms with Gasteiger partial charge in [-0.1, -0.05) is 26.8 Å². The lowest BCUT2D eigenvalue weighted by Gasteiger charge is -2.31. The maximum absolute atomic E-state index is 12.6. The molecule has 4 nitrogen and oxygen atoms in total. The monoisotopic (exact) mass is 296 g/mol. The molecule has 0 radical (unpaired) electrons. The summed E-state index contributed by atoms with van der Waals surface area (Å²) in [5.74, 6) is 0.185. The van der Waals surface area contributed by atoms with Crippen LogP contribution in [0.2, 0.25) is 0 Å². The van der Waals surface area contributed by atoms with Gasteiger partial charge >= 0.3 is 0 Å². The van der Waals surface area contributed by atoms with Crippen LogP contribution in [-0.2, 0) is 16.4 Å². The van der Waals surface area contributed by atoms with Crippen LogP contribution in [0.3, 0.4) is 0 Å². The van der Waals surface area contributed by atoms with Crippen molar-refractivity contribution < 1.29 is 8.42 Å². The standard InChI is InChI=1S/C15H24N2O2S/c1-15(2,3)8-10-20(18,19)17-9-4-5-12-6-7-13(16)11-14(12)17/h6-7,11H,4-5,8-10,16H2,1-3H3. The van der Waals surface area contributed by atoms with Gasteiger partial charge in [0.2, 0.25) is 10.0 Å². The van der Waals surface area contributed by atoms with Gasteiger partial charge in [-0.15, -0.1) is 0 Å². The Morgan fingerprint density at radius 1 is 1.30 bits per heavy atom. The summed E-state index contributed by atoms with van der Waals surface area (Å²) in [4.78, 5) is 0. The summed E-state index contributed by atoms with van der Waals surface area (Å²) in [5, 5.41) is 0. The SMILES string of the molecule is CC(C)(C)CCS(=O)(=O)N1CCCc2ccc(N)cc21. The number of sulfonamides is 1. The van der Waals surface area contributed by atoms with Crippen LogP contribution in [0, 0.1) is 5.41 Å². The summed E-state index contributed by atoms with van der Waals surface area (Å²) in [7, 11) is -3.27. The average molecular weight is 296 g/mol. The zero-order valence-corrected chi connectivity index (χ0v) is 13.3. The van der Waals surface area contributed by atoms with Crippen LogP contribution in [-0.4, -0.2) is 20.7 Å². The highest BCUT2D eigenvalue weighted by Crippen LogP contribution is 2.32. The Morgan fingerprint density at radius 2 is 2.00 bits per heavy atom. The van der Waals surface area contributed by atoms with Crippen molar-refractivity contribution in [1.82, 2.24) is 0 Å². The molecule has 0 amide bonds. The molecule has 0 aliphatic carbocycles. The minimum atomic E-state index is -3.27. The highest BCUT2D eigenvalue weighted by molar-refractivity contribution is 7.92. The van der Waals surface area contributed by atoms with Crippen molar-refractivity contribution >= 4 is 21.4 Å². The van der Waals surface area contributed by atoms with Crippen molar-refractivity contribution in [2.45, 2.75) is 40.0 Å². The summed E-state index contributed by atoms with van der Waals surface area (Å²) in [5.41, 5.74) is 8.28. The lowest BCUT2D eigenvalue weighted by Crippen LogP contribution is -2.38. The van der Waals surface area contributed by atoms with E-state index in [1.807, 2.05) is 12.1 Å². The number of nitrogens with two attached hydrogens (primary N) is 1. The van der Waals surface area contributed by atoms with Gasteiger partial charge in [-0.05, 0) is 42.4 Å². The maximum Gasteiger partial charge on any atom is 0.235 e. The Kier molecular flexibility index (Phi) is 4.00. The molecule has 1 aliphatic heterocycles. The maximum atomic E-state index is 12.6. The molecule has 20 heavy (non-hydrogen) atoms. The Bertz CT molecular complexity index is 588. The second-order valence-corrected chi connectivity index (χ2v) is 8.70. The van der Waals surface area contributed by atoms with Crippen LogP contribution in [0.25, 0.3) is 0 Å². The van der Waals surface area contributed by atoms with Gasteiger partial charge in [0.1, 0.15) is 0 Å². The molecule has 2 N–H and O–H groups in total. The minimum Gasteiger partial charge on any atom is -0.399 e. The van der Waals surface area contributed by atoms with Crippen molar-refractivity contribution in [1.29, 1.82) is 0 Å². The number of hydrogen-bond acceptors (Lipinski definition) is 3. The van der Waals surface area contributed by atoms with E-state index in [0.717, 1.165) is 24.1 Å². The van der Waals surface area contributed by atoms with E-state index in [1.54, 1.807) is 10.4 Å². The molecule has 112 valence electrons. The number of nitrogen functional groups attached to an aromatic ring is 1. The topological polar surface area (TPSA) is 63.4 Å². The first-order valence-electron chi connectivity index (χ1n) is 7.08. The summed E-state index contributed by atoms with van der Waals surface area (Å²) < 4.78 is 26.7. The largest absolute Gasteiger partial charge is 0.399 e. The normalized spacial score (nSPS) is 16.1. The lowest BCUT2D eigenvalue weighted by molar-refractivity contribution is 0.397. The number of rotatable bonds is 3. The highest BCUT2D eigenvalue weighted by atomic mass is 32.2. The van der Waals surface area contributed by atoms with Gasteiger partial charge in [-0.2, -0.15) is 0 Å². The van der Waals surface area contributed by atoms with Crippen LogP contribution in [0.1, 0.15) is 39.2 Å². The van der Waals surface area contributed by atoms with Gasteiger partial charge in [-0.3, -0.25) is 4.31 Å². The molecule has 0 unspecified atom stereocenters. The van der Waals surface area contributed by atoms with Crippen LogP contribution in [0.15, 0.2) is 18.2 Å². The summed E-state index contributed by atoms with van der Waals surface area (Å²) in [6.45, 7) is 6.74. The fourth-order valence-corrected chi connectivity index (χ4v) is 4.36. The van der Waals surface area contributed by atoms with Crippen molar-refractivity contribution in [2.24, 2.45) is 5.41 Å². The van der Waals surface area contributed by atoms with Crippen molar-refractivity contribution in [2.75, 3.05) is 22.3 Å². The van der Waals surface area contributed by atoms with Crippen LogP contribution < -0.4 is 10.0 Å². The van der Waals surface area contributed by atoms with Crippen molar-refractivity contribution in [3.8, 4) is 0 Å². The summed E-state index contributed by atoms with van der Waals surface area (Å²) in [6.07, 6.45) is 2.44. The van der Waals surface area contributed by atoms with Gasteiger partial charge < -0.3 is 5.73 Å². The van der Waals surface area contributed by atoms with E-state index in [4.69, 9.17) is 5.73 Å².